The van der Waals surface area contributed by atoms with Crippen LogP contribution in [-0.2, 0) is 0 Å². The SMILES string of the molecule is Fc1cc(Br)nc(F)n1. The van der Waals surface area contributed by atoms with Crippen LogP contribution >= 0.6 is 15.9 Å². The molecule has 2 nitrogen and oxygen atoms in total. The maximum Gasteiger partial charge on any atom is 0.312 e. The van der Waals surface area contributed by atoms with E-state index < -0.39 is 12.0 Å². The molecular weight excluding hydrogens is 194 g/mol. The van der Waals surface area contributed by atoms with Crippen molar-refractivity contribution in [2.24, 2.45) is 0 Å². The molecule has 0 saturated carbocycles. The zero-order valence-corrected chi connectivity index (χ0v) is 5.69. The number of aromatic nitrogens is 2. The average molecular weight is 195 g/mol. The van der Waals surface area contributed by atoms with E-state index in [0.29, 0.717) is 0 Å². The monoisotopic (exact) mass is 194 g/mol. The van der Waals surface area contributed by atoms with Gasteiger partial charge in [0.2, 0.25) is 5.95 Å². The minimum absolute atomic E-state index is 0.104. The van der Waals surface area contributed by atoms with Crippen LogP contribution in [0.5, 0.6) is 0 Å². The number of rotatable bonds is 0. The molecule has 0 aliphatic rings. The summed E-state index contributed by atoms with van der Waals surface area (Å²) < 4.78 is 24.0. The second-order valence-corrected chi connectivity index (χ2v) is 2.09. The first-order valence-electron chi connectivity index (χ1n) is 2.04. The smallest absolute Gasteiger partial charge is 0.195 e. The maximum atomic E-state index is 12.0. The summed E-state index contributed by atoms with van der Waals surface area (Å²) in [6, 6.07) is 0.975. The topological polar surface area (TPSA) is 25.8 Å². The fraction of sp³-hybridized carbons (Fsp3) is 0. The highest BCUT2D eigenvalue weighted by molar-refractivity contribution is 9.10. The summed E-state index contributed by atoms with van der Waals surface area (Å²) in [6.07, 6.45) is -1.07. The van der Waals surface area contributed by atoms with Crippen molar-refractivity contribution in [2.45, 2.75) is 0 Å². The molecule has 9 heavy (non-hydrogen) atoms. The Hall–Kier alpha value is -0.580. The number of halogens is 3. The molecule has 5 heteroatoms. The third kappa shape index (κ3) is 1.67. The first kappa shape index (κ1) is 6.54. The maximum absolute atomic E-state index is 12.0. The van der Waals surface area contributed by atoms with Crippen LogP contribution in [0.2, 0.25) is 0 Å². The van der Waals surface area contributed by atoms with Gasteiger partial charge in [-0.1, -0.05) is 0 Å². The van der Waals surface area contributed by atoms with Crippen molar-refractivity contribution in [1.82, 2.24) is 9.97 Å². The summed E-state index contributed by atoms with van der Waals surface area (Å²) in [5, 5.41) is 0. The molecular formula is C4HBrF2N2. The van der Waals surface area contributed by atoms with Crippen molar-refractivity contribution in [1.29, 1.82) is 0 Å². The van der Waals surface area contributed by atoms with Gasteiger partial charge in [0.25, 0.3) is 0 Å². The highest BCUT2D eigenvalue weighted by atomic mass is 79.9. The molecule has 0 radical (unpaired) electrons. The van der Waals surface area contributed by atoms with Crippen molar-refractivity contribution in [3.8, 4) is 0 Å². The van der Waals surface area contributed by atoms with Crippen molar-refractivity contribution in [2.75, 3.05) is 0 Å². The minimum atomic E-state index is -1.07. The van der Waals surface area contributed by atoms with Crippen LogP contribution in [0.1, 0.15) is 0 Å². The molecule has 1 rings (SSSR count). The third-order valence-electron chi connectivity index (χ3n) is 0.636. The highest BCUT2D eigenvalue weighted by Crippen LogP contribution is 2.05. The molecule has 0 saturated heterocycles. The van der Waals surface area contributed by atoms with E-state index in [4.69, 9.17) is 0 Å². The highest BCUT2D eigenvalue weighted by Gasteiger charge is 1.98. The van der Waals surface area contributed by atoms with Crippen LogP contribution in [0.4, 0.5) is 8.78 Å². The lowest BCUT2D eigenvalue weighted by Crippen LogP contribution is -1.91. The van der Waals surface area contributed by atoms with Crippen molar-refractivity contribution >= 4 is 15.9 Å². The lowest BCUT2D eigenvalue weighted by atomic mass is 10.7. The molecule has 0 aliphatic carbocycles. The van der Waals surface area contributed by atoms with Gasteiger partial charge in [-0.05, 0) is 15.9 Å². The first-order valence-corrected chi connectivity index (χ1v) is 2.83. The minimum Gasteiger partial charge on any atom is -0.195 e. The molecule has 0 unspecified atom stereocenters. The van der Waals surface area contributed by atoms with Gasteiger partial charge in [0.05, 0.1) is 0 Å². The van der Waals surface area contributed by atoms with Crippen LogP contribution in [0.15, 0.2) is 10.7 Å². The molecule has 1 aromatic rings. The summed E-state index contributed by atoms with van der Waals surface area (Å²) in [6.45, 7) is 0. The molecule has 0 spiro atoms. The van der Waals surface area contributed by atoms with Gasteiger partial charge >= 0.3 is 6.08 Å². The number of hydrogen-bond acceptors (Lipinski definition) is 2. The van der Waals surface area contributed by atoms with E-state index in [1.54, 1.807) is 0 Å². The Morgan fingerprint density at radius 3 is 2.44 bits per heavy atom. The Labute approximate surface area is 58.1 Å². The summed E-state index contributed by atoms with van der Waals surface area (Å²) in [5.74, 6) is -0.880. The Morgan fingerprint density at radius 1 is 1.33 bits per heavy atom. The summed E-state index contributed by atoms with van der Waals surface area (Å²) in [5.41, 5.74) is 0. The first-order chi connectivity index (χ1) is 4.18. The van der Waals surface area contributed by atoms with E-state index >= 15 is 0 Å². The number of nitrogens with zero attached hydrogens (tertiary/aromatic N) is 2. The Balaban J connectivity index is 3.17. The Bertz CT molecular complexity index is 177. The molecule has 0 bridgehead atoms. The fourth-order valence-electron chi connectivity index (χ4n) is 0.364. The van der Waals surface area contributed by atoms with Gasteiger partial charge in [-0.2, -0.15) is 18.7 Å². The van der Waals surface area contributed by atoms with E-state index in [2.05, 4.69) is 25.9 Å². The van der Waals surface area contributed by atoms with Crippen LogP contribution in [0, 0.1) is 12.0 Å². The molecule has 0 atom stereocenters. The average Bonchev–Trinajstić information content (AvgIpc) is 1.59. The van der Waals surface area contributed by atoms with Gasteiger partial charge in [-0.25, -0.2) is 0 Å². The Morgan fingerprint density at radius 2 is 2.00 bits per heavy atom. The van der Waals surface area contributed by atoms with E-state index in [1.807, 2.05) is 0 Å². The van der Waals surface area contributed by atoms with E-state index in [-0.39, 0.29) is 4.60 Å². The molecule has 0 aliphatic heterocycles. The van der Waals surface area contributed by atoms with Crippen LogP contribution in [-0.4, -0.2) is 9.97 Å². The van der Waals surface area contributed by atoms with E-state index in [1.165, 1.54) is 0 Å². The summed E-state index contributed by atoms with van der Waals surface area (Å²) in [7, 11) is 0. The second kappa shape index (κ2) is 2.34. The number of hydrogen-bond donors (Lipinski definition) is 0. The van der Waals surface area contributed by atoms with Gasteiger partial charge < -0.3 is 0 Å². The van der Waals surface area contributed by atoms with Crippen LogP contribution in [0.25, 0.3) is 0 Å². The zero-order valence-electron chi connectivity index (χ0n) is 4.11. The van der Waals surface area contributed by atoms with E-state index in [9.17, 15) is 8.78 Å². The van der Waals surface area contributed by atoms with Crippen molar-refractivity contribution in [3.05, 3.63) is 22.7 Å². The summed E-state index contributed by atoms with van der Waals surface area (Å²) in [4.78, 5) is 5.89. The van der Waals surface area contributed by atoms with Crippen molar-refractivity contribution in [3.63, 3.8) is 0 Å². The van der Waals surface area contributed by atoms with Gasteiger partial charge in [-0.3, -0.25) is 0 Å². The van der Waals surface area contributed by atoms with E-state index in [0.717, 1.165) is 6.07 Å². The summed E-state index contributed by atoms with van der Waals surface area (Å²) >= 11 is 2.78. The molecule has 0 N–H and O–H groups in total. The largest absolute Gasteiger partial charge is 0.312 e. The molecule has 0 amide bonds. The van der Waals surface area contributed by atoms with Gasteiger partial charge in [-0.15, -0.1) is 0 Å². The van der Waals surface area contributed by atoms with Crippen molar-refractivity contribution < 1.29 is 8.78 Å². The van der Waals surface area contributed by atoms with Gasteiger partial charge in [0.1, 0.15) is 4.60 Å². The van der Waals surface area contributed by atoms with Crippen LogP contribution in [0.3, 0.4) is 0 Å². The standard InChI is InChI=1S/C4HBrF2N2/c5-2-1-3(6)9-4(7)8-2/h1H. The molecule has 1 heterocycles. The van der Waals surface area contributed by atoms with Gasteiger partial charge in [0, 0.05) is 6.07 Å². The molecule has 0 aromatic carbocycles. The normalized spacial score (nSPS) is 9.67. The third-order valence-corrected chi connectivity index (χ3v) is 1.04. The predicted octanol–water partition coefficient (Wildman–Crippen LogP) is 1.52. The molecule has 0 fully saturated rings. The Kier molecular flexibility index (Phi) is 1.70. The lowest BCUT2D eigenvalue weighted by Gasteiger charge is -1.87. The van der Waals surface area contributed by atoms with Gasteiger partial charge in [0.15, 0.2) is 0 Å². The zero-order chi connectivity index (χ0) is 6.85. The lowest BCUT2D eigenvalue weighted by molar-refractivity contribution is 0.479. The molecule has 1 aromatic heterocycles. The fourth-order valence-corrected chi connectivity index (χ4v) is 0.699. The second-order valence-electron chi connectivity index (χ2n) is 1.28. The van der Waals surface area contributed by atoms with Crippen LogP contribution < -0.4 is 0 Å². The molecule has 48 valence electrons. The predicted molar refractivity (Wildman–Crippen MR) is 29.6 cm³/mol. The quantitative estimate of drug-likeness (QED) is 0.463.